The summed E-state index contributed by atoms with van der Waals surface area (Å²) in [5, 5.41) is 8.85. The lowest BCUT2D eigenvalue weighted by atomic mass is 10.4. The fourth-order valence-electron chi connectivity index (χ4n) is 0.824. The van der Waals surface area contributed by atoms with E-state index in [0.29, 0.717) is 11.5 Å². The van der Waals surface area contributed by atoms with Gasteiger partial charge in [-0.1, -0.05) is 0 Å². The van der Waals surface area contributed by atoms with E-state index >= 15 is 0 Å². The van der Waals surface area contributed by atoms with Crippen molar-refractivity contribution >= 4 is 23.6 Å². The Labute approximate surface area is 74.2 Å². The molecular formula is C6H10N3O2S+. The van der Waals surface area contributed by atoms with Gasteiger partial charge in [-0.25, -0.2) is 0 Å². The standard InChI is InChI=1S/C6H9N3O2S/c1-4-5(8-12-7-4)9(2,3)6(10)11/h1-3H3/p+1. The van der Waals surface area contributed by atoms with Crippen LogP contribution in [0.15, 0.2) is 0 Å². The van der Waals surface area contributed by atoms with Gasteiger partial charge in [-0.05, 0) is 6.92 Å². The smallest absolute Gasteiger partial charge is 0.435 e. The zero-order valence-electron chi connectivity index (χ0n) is 7.11. The highest BCUT2D eigenvalue weighted by molar-refractivity contribution is 6.99. The molecule has 0 aliphatic carbocycles. The van der Waals surface area contributed by atoms with E-state index in [1.54, 1.807) is 21.0 Å². The van der Waals surface area contributed by atoms with Gasteiger partial charge in [0.15, 0.2) is 0 Å². The van der Waals surface area contributed by atoms with Gasteiger partial charge in [-0.2, -0.15) is 13.7 Å². The summed E-state index contributed by atoms with van der Waals surface area (Å²) in [4.78, 5) is 10.8. The first-order valence-electron chi connectivity index (χ1n) is 3.33. The van der Waals surface area contributed by atoms with Crippen LogP contribution in [0.1, 0.15) is 5.69 Å². The third kappa shape index (κ3) is 1.30. The Morgan fingerprint density at radius 3 is 2.42 bits per heavy atom. The zero-order chi connectivity index (χ0) is 9.35. The Bertz CT molecular complexity index is 307. The summed E-state index contributed by atoms with van der Waals surface area (Å²) < 4.78 is 7.57. The molecule has 0 saturated carbocycles. The number of aryl methyl sites for hydroxylation is 1. The normalized spacial score (nSPS) is 11.6. The predicted molar refractivity (Wildman–Crippen MR) is 46.3 cm³/mol. The first kappa shape index (κ1) is 9.08. The van der Waals surface area contributed by atoms with Crippen molar-refractivity contribution in [1.29, 1.82) is 0 Å². The minimum atomic E-state index is -0.939. The zero-order valence-corrected chi connectivity index (χ0v) is 7.92. The van der Waals surface area contributed by atoms with Gasteiger partial charge in [0.05, 0.1) is 25.8 Å². The van der Waals surface area contributed by atoms with Crippen molar-refractivity contribution in [1.82, 2.24) is 13.2 Å². The largest absolute Gasteiger partial charge is 0.519 e. The number of quaternary nitrogens is 1. The molecule has 1 aromatic rings. The van der Waals surface area contributed by atoms with Crippen molar-refractivity contribution in [2.24, 2.45) is 0 Å². The van der Waals surface area contributed by atoms with Crippen molar-refractivity contribution in [3.8, 4) is 0 Å². The molecule has 1 aromatic heterocycles. The SMILES string of the molecule is Cc1nsnc1[N+](C)(C)C(=O)O. The van der Waals surface area contributed by atoms with Crippen LogP contribution in [0, 0.1) is 6.92 Å². The van der Waals surface area contributed by atoms with Gasteiger partial charge in [-0.3, -0.25) is 0 Å². The van der Waals surface area contributed by atoms with Crippen LogP contribution in [0.2, 0.25) is 0 Å². The van der Waals surface area contributed by atoms with E-state index in [1.165, 1.54) is 0 Å². The monoisotopic (exact) mass is 188 g/mol. The van der Waals surface area contributed by atoms with Crippen molar-refractivity contribution in [2.75, 3.05) is 14.1 Å². The maximum atomic E-state index is 10.8. The van der Waals surface area contributed by atoms with Gasteiger partial charge in [0.2, 0.25) is 0 Å². The number of carboxylic acid groups (broad SMARTS) is 1. The minimum absolute atomic E-state index is 0.275. The molecule has 0 saturated heterocycles. The van der Waals surface area contributed by atoms with Crippen LogP contribution >= 0.6 is 11.7 Å². The quantitative estimate of drug-likeness (QED) is 0.670. The summed E-state index contributed by atoms with van der Waals surface area (Å²) in [6.07, 6.45) is -0.939. The second kappa shape index (κ2) is 2.80. The van der Waals surface area contributed by atoms with Crippen molar-refractivity contribution in [3.05, 3.63) is 5.69 Å². The van der Waals surface area contributed by atoms with E-state index in [2.05, 4.69) is 8.75 Å². The number of rotatable bonds is 1. The minimum Gasteiger partial charge on any atom is -0.435 e. The van der Waals surface area contributed by atoms with Crippen molar-refractivity contribution < 1.29 is 9.90 Å². The van der Waals surface area contributed by atoms with Gasteiger partial charge < -0.3 is 5.11 Å². The molecule has 0 bridgehead atoms. The fraction of sp³-hybridized carbons (Fsp3) is 0.500. The Morgan fingerprint density at radius 2 is 2.08 bits per heavy atom. The molecular weight excluding hydrogens is 178 g/mol. The molecule has 0 fully saturated rings. The summed E-state index contributed by atoms with van der Waals surface area (Å²) in [6, 6.07) is 0. The van der Waals surface area contributed by atoms with Gasteiger partial charge in [0.25, 0.3) is 5.82 Å². The highest BCUT2D eigenvalue weighted by Crippen LogP contribution is 2.20. The van der Waals surface area contributed by atoms with Crippen molar-refractivity contribution in [3.63, 3.8) is 0 Å². The molecule has 0 unspecified atom stereocenters. The van der Waals surface area contributed by atoms with Crippen LogP contribution in [0.5, 0.6) is 0 Å². The van der Waals surface area contributed by atoms with Gasteiger partial charge in [-0.15, -0.1) is 4.37 Å². The molecule has 1 heterocycles. The fourth-order valence-corrected chi connectivity index (χ4v) is 1.48. The molecule has 0 radical (unpaired) electrons. The second-order valence-corrected chi connectivity index (χ2v) is 3.44. The molecule has 0 aromatic carbocycles. The number of amides is 1. The number of hydrogen-bond acceptors (Lipinski definition) is 4. The number of hydrogen-bond donors (Lipinski definition) is 1. The summed E-state index contributed by atoms with van der Waals surface area (Å²) in [7, 11) is 3.12. The van der Waals surface area contributed by atoms with E-state index in [4.69, 9.17) is 5.11 Å². The second-order valence-electron chi connectivity index (χ2n) is 2.91. The average molecular weight is 188 g/mol. The van der Waals surface area contributed by atoms with E-state index in [1.807, 2.05) is 0 Å². The maximum Gasteiger partial charge on any atom is 0.519 e. The molecule has 0 spiro atoms. The summed E-state index contributed by atoms with van der Waals surface area (Å²) >= 11 is 1.03. The molecule has 66 valence electrons. The molecule has 0 aliphatic rings. The first-order valence-corrected chi connectivity index (χ1v) is 4.06. The summed E-state index contributed by atoms with van der Waals surface area (Å²) in [5.74, 6) is 0.493. The Kier molecular flexibility index (Phi) is 2.12. The molecule has 12 heavy (non-hydrogen) atoms. The number of nitrogens with zero attached hydrogens (tertiary/aromatic N) is 3. The molecule has 1 amide bonds. The average Bonchev–Trinajstić information content (AvgIpc) is 2.35. The van der Waals surface area contributed by atoms with Crippen molar-refractivity contribution in [2.45, 2.75) is 6.92 Å². The van der Waals surface area contributed by atoms with Gasteiger partial charge in [0.1, 0.15) is 5.69 Å². The number of aromatic nitrogens is 2. The van der Waals surface area contributed by atoms with E-state index in [-0.39, 0.29) is 4.48 Å². The highest BCUT2D eigenvalue weighted by atomic mass is 32.1. The Morgan fingerprint density at radius 1 is 1.50 bits per heavy atom. The molecule has 6 heteroatoms. The molecule has 0 aliphatic heterocycles. The third-order valence-electron chi connectivity index (χ3n) is 1.64. The lowest BCUT2D eigenvalue weighted by Crippen LogP contribution is -2.46. The lowest BCUT2D eigenvalue weighted by molar-refractivity contribution is 0.164. The lowest BCUT2D eigenvalue weighted by Gasteiger charge is -2.18. The first-order chi connectivity index (χ1) is 5.46. The van der Waals surface area contributed by atoms with Crippen LogP contribution in [0.4, 0.5) is 10.6 Å². The van der Waals surface area contributed by atoms with Crippen LogP contribution in [-0.4, -0.2) is 34.0 Å². The highest BCUT2D eigenvalue weighted by Gasteiger charge is 2.33. The molecule has 5 nitrogen and oxygen atoms in total. The van der Waals surface area contributed by atoms with E-state index < -0.39 is 6.09 Å². The molecule has 0 atom stereocenters. The van der Waals surface area contributed by atoms with Gasteiger partial charge >= 0.3 is 6.09 Å². The van der Waals surface area contributed by atoms with Crippen LogP contribution in [0.25, 0.3) is 0 Å². The maximum absolute atomic E-state index is 10.8. The Hall–Kier alpha value is -1.01. The molecule has 1 rings (SSSR count). The van der Waals surface area contributed by atoms with Crippen LogP contribution in [-0.2, 0) is 0 Å². The van der Waals surface area contributed by atoms with Crippen LogP contribution in [0.3, 0.4) is 0 Å². The summed E-state index contributed by atoms with van der Waals surface area (Å²) in [6.45, 7) is 1.75. The Balaban J connectivity index is 3.13. The topological polar surface area (TPSA) is 63.1 Å². The predicted octanol–water partition coefficient (Wildman–Crippen LogP) is 1.09. The van der Waals surface area contributed by atoms with Gasteiger partial charge in [0, 0.05) is 0 Å². The van der Waals surface area contributed by atoms with E-state index in [9.17, 15) is 4.79 Å². The number of carbonyl (C=O) groups is 1. The van der Waals surface area contributed by atoms with E-state index in [0.717, 1.165) is 11.7 Å². The van der Waals surface area contributed by atoms with Crippen LogP contribution < -0.4 is 4.48 Å². The third-order valence-corrected chi connectivity index (χ3v) is 2.25. The molecule has 1 N–H and O–H groups in total. The summed E-state index contributed by atoms with van der Waals surface area (Å²) in [5.41, 5.74) is 0.674.